The molecule has 1 N–H and O–H groups in total. The van der Waals surface area contributed by atoms with Crippen LogP contribution in [-0.4, -0.2) is 36.0 Å². The summed E-state index contributed by atoms with van der Waals surface area (Å²) >= 11 is 9.51. The van der Waals surface area contributed by atoms with Crippen molar-refractivity contribution in [1.82, 2.24) is 0 Å². The molecule has 1 atom stereocenters. The second-order valence-corrected chi connectivity index (χ2v) is 9.97. The number of ether oxygens (including phenoxy) is 1. The Kier molecular flexibility index (Phi) is 9.41. The number of benzene rings is 4. The van der Waals surface area contributed by atoms with Crippen LogP contribution in [0.25, 0.3) is 0 Å². The van der Waals surface area contributed by atoms with Gasteiger partial charge < -0.3 is 10.1 Å². The van der Waals surface area contributed by atoms with Gasteiger partial charge in [-0.05, 0) is 30.3 Å². The molecule has 0 bridgehead atoms. The molecular formula is C31H23BrClNO5. The van der Waals surface area contributed by atoms with Gasteiger partial charge in [-0.25, -0.2) is 4.79 Å². The number of nitrogens with one attached hydrogen (secondary N) is 1. The fourth-order valence-electron chi connectivity index (χ4n) is 3.84. The molecule has 4 rings (SSSR count). The van der Waals surface area contributed by atoms with E-state index in [4.69, 9.17) is 16.3 Å². The minimum Gasteiger partial charge on any atom is -0.456 e. The van der Waals surface area contributed by atoms with Crippen LogP contribution in [0.4, 0.5) is 5.69 Å². The van der Waals surface area contributed by atoms with Gasteiger partial charge in [0.2, 0.25) is 0 Å². The monoisotopic (exact) mass is 603 g/mol. The number of ketones is 3. The fourth-order valence-corrected chi connectivity index (χ4v) is 4.28. The molecule has 0 saturated carbocycles. The van der Waals surface area contributed by atoms with E-state index in [2.05, 4.69) is 21.2 Å². The molecule has 196 valence electrons. The molecular weight excluding hydrogens is 582 g/mol. The molecule has 8 heteroatoms. The van der Waals surface area contributed by atoms with E-state index in [0.717, 1.165) is 4.47 Å². The number of carbonyl (C=O) groups is 4. The van der Waals surface area contributed by atoms with Crippen molar-refractivity contribution in [2.75, 3.05) is 11.9 Å². The van der Waals surface area contributed by atoms with Crippen LogP contribution in [0.1, 0.15) is 43.1 Å². The number of hydrogen-bond acceptors (Lipinski definition) is 6. The highest BCUT2D eigenvalue weighted by molar-refractivity contribution is 9.10. The zero-order valence-corrected chi connectivity index (χ0v) is 22.9. The lowest BCUT2D eigenvalue weighted by atomic mass is 9.99. The molecule has 4 aromatic carbocycles. The Labute approximate surface area is 239 Å². The van der Waals surface area contributed by atoms with Gasteiger partial charge in [0.1, 0.15) is 6.04 Å². The molecule has 0 aliphatic carbocycles. The molecule has 39 heavy (non-hydrogen) atoms. The quantitative estimate of drug-likeness (QED) is 0.149. The highest BCUT2D eigenvalue weighted by Gasteiger charge is 2.27. The predicted molar refractivity (Wildman–Crippen MR) is 154 cm³/mol. The highest BCUT2D eigenvalue weighted by Crippen LogP contribution is 2.25. The van der Waals surface area contributed by atoms with Crippen molar-refractivity contribution in [3.05, 3.63) is 135 Å². The summed E-state index contributed by atoms with van der Waals surface area (Å²) in [6.45, 7) is -0.505. The van der Waals surface area contributed by atoms with Crippen molar-refractivity contribution in [1.29, 1.82) is 0 Å². The molecule has 0 saturated heterocycles. The van der Waals surface area contributed by atoms with Crippen LogP contribution in [-0.2, 0) is 9.53 Å². The van der Waals surface area contributed by atoms with Crippen LogP contribution >= 0.6 is 27.5 Å². The van der Waals surface area contributed by atoms with E-state index in [1.54, 1.807) is 97.1 Å². The zero-order chi connectivity index (χ0) is 27.8. The third-order valence-electron chi connectivity index (χ3n) is 5.87. The Morgan fingerprint density at radius 3 is 1.97 bits per heavy atom. The Balaban J connectivity index is 1.59. The summed E-state index contributed by atoms with van der Waals surface area (Å²) in [5, 5.41) is 3.34. The third kappa shape index (κ3) is 7.50. The van der Waals surface area contributed by atoms with E-state index in [-0.39, 0.29) is 23.6 Å². The molecule has 0 aliphatic heterocycles. The summed E-state index contributed by atoms with van der Waals surface area (Å²) in [7, 11) is 0. The number of Topliss-reactive ketones (excluding diaryl/α,β-unsaturated/α-hetero) is 2. The van der Waals surface area contributed by atoms with Crippen molar-refractivity contribution in [2.24, 2.45) is 0 Å². The molecule has 0 fully saturated rings. The first kappa shape index (κ1) is 28.0. The lowest BCUT2D eigenvalue weighted by molar-refractivity contribution is -0.143. The normalized spacial score (nSPS) is 11.3. The number of esters is 1. The van der Waals surface area contributed by atoms with Crippen LogP contribution in [0.2, 0.25) is 5.02 Å². The highest BCUT2D eigenvalue weighted by atomic mass is 79.9. The van der Waals surface area contributed by atoms with Gasteiger partial charge in [0, 0.05) is 43.9 Å². The zero-order valence-electron chi connectivity index (χ0n) is 20.6. The van der Waals surface area contributed by atoms with Gasteiger partial charge in [-0.15, -0.1) is 0 Å². The fraction of sp³-hybridized carbons (Fsp3) is 0.0968. The van der Waals surface area contributed by atoms with Crippen LogP contribution < -0.4 is 5.32 Å². The average molecular weight is 605 g/mol. The minimum atomic E-state index is -1.18. The molecule has 0 heterocycles. The maximum Gasteiger partial charge on any atom is 0.329 e. The number of rotatable bonds is 11. The smallest absolute Gasteiger partial charge is 0.329 e. The maximum absolute atomic E-state index is 13.3. The Morgan fingerprint density at radius 1 is 0.744 bits per heavy atom. The summed E-state index contributed by atoms with van der Waals surface area (Å²) < 4.78 is 6.15. The number of anilines is 1. The van der Waals surface area contributed by atoms with Crippen LogP contribution in [0.15, 0.2) is 108 Å². The topological polar surface area (TPSA) is 89.5 Å². The third-order valence-corrected chi connectivity index (χ3v) is 6.64. The number of halogens is 2. The van der Waals surface area contributed by atoms with Gasteiger partial charge >= 0.3 is 5.97 Å². The lowest BCUT2D eigenvalue weighted by Gasteiger charge is -2.20. The van der Waals surface area contributed by atoms with E-state index in [1.165, 1.54) is 6.07 Å². The average Bonchev–Trinajstić information content (AvgIpc) is 2.97. The maximum atomic E-state index is 13.3. The first-order valence-electron chi connectivity index (χ1n) is 12.0. The van der Waals surface area contributed by atoms with Crippen molar-refractivity contribution in [3.8, 4) is 0 Å². The number of carbonyl (C=O) groups excluding carboxylic acids is 4. The molecule has 0 spiro atoms. The molecule has 0 unspecified atom stereocenters. The molecule has 6 nitrogen and oxygen atoms in total. The Hall–Kier alpha value is -4.07. The second kappa shape index (κ2) is 13.1. The molecule has 0 aliphatic rings. The van der Waals surface area contributed by atoms with Crippen LogP contribution in [0, 0.1) is 0 Å². The van der Waals surface area contributed by atoms with Gasteiger partial charge in [0.25, 0.3) is 0 Å². The number of hydrogen-bond donors (Lipinski definition) is 1. The van der Waals surface area contributed by atoms with Crippen molar-refractivity contribution in [3.63, 3.8) is 0 Å². The largest absolute Gasteiger partial charge is 0.456 e. The summed E-state index contributed by atoms with van der Waals surface area (Å²) in [6, 6.07) is 27.3. The van der Waals surface area contributed by atoms with Gasteiger partial charge in [0.15, 0.2) is 24.0 Å². The van der Waals surface area contributed by atoms with E-state index in [1.807, 2.05) is 0 Å². The van der Waals surface area contributed by atoms with Crippen molar-refractivity contribution < 1.29 is 23.9 Å². The standard InChI is InChI=1S/C31H23BrClNO5/c32-23-13-11-21(12-14-23)29(36)19-39-31(38)27(18-28(35)20-7-3-1-4-8-20)34-26-16-15-24(33)17-25(26)30(37)22-9-5-2-6-10-22/h1-17,27,34H,18-19H2/t27-/m0/s1. The van der Waals surface area contributed by atoms with Crippen molar-refractivity contribution >= 4 is 56.5 Å². The molecule has 0 aromatic heterocycles. The van der Waals surface area contributed by atoms with Gasteiger partial charge in [0.05, 0.1) is 0 Å². The minimum absolute atomic E-state index is 0.226. The molecule has 4 aromatic rings. The van der Waals surface area contributed by atoms with Crippen molar-refractivity contribution in [2.45, 2.75) is 12.5 Å². The van der Waals surface area contributed by atoms with Gasteiger partial charge in [-0.3, -0.25) is 14.4 Å². The summed E-state index contributed by atoms with van der Waals surface area (Å²) in [6.07, 6.45) is -0.267. The van der Waals surface area contributed by atoms with Crippen LogP contribution in [0.5, 0.6) is 0 Å². The van der Waals surface area contributed by atoms with E-state index in [9.17, 15) is 19.2 Å². The first-order valence-corrected chi connectivity index (χ1v) is 13.2. The SMILES string of the molecule is O=C(COC(=O)[C@H](CC(=O)c1ccccc1)Nc1ccc(Cl)cc1C(=O)c1ccccc1)c1ccc(Br)cc1. The van der Waals surface area contributed by atoms with Crippen LogP contribution in [0.3, 0.4) is 0 Å². The predicted octanol–water partition coefficient (Wildman–Crippen LogP) is 6.81. The summed E-state index contributed by atoms with van der Waals surface area (Å²) in [4.78, 5) is 52.1. The second-order valence-electron chi connectivity index (χ2n) is 8.61. The lowest BCUT2D eigenvalue weighted by Crippen LogP contribution is -2.35. The van der Waals surface area contributed by atoms with E-state index < -0.39 is 24.4 Å². The molecule has 0 radical (unpaired) electrons. The Bertz CT molecular complexity index is 1490. The van der Waals surface area contributed by atoms with E-state index >= 15 is 0 Å². The van der Waals surface area contributed by atoms with Gasteiger partial charge in [-0.2, -0.15) is 0 Å². The van der Waals surface area contributed by atoms with E-state index in [0.29, 0.717) is 27.4 Å². The first-order chi connectivity index (χ1) is 18.8. The Morgan fingerprint density at radius 2 is 1.33 bits per heavy atom. The summed E-state index contributed by atoms with van der Waals surface area (Å²) in [5.74, 6) is -1.82. The van der Waals surface area contributed by atoms with Gasteiger partial charge in [-0.1, -0.05) is 100 Å². The molecule has 0 amide bonds. The summed E-state index contributed by atoms with van der Waals surface area (Å²) in [5.41, 5.74) is 1.76.